The number of benzene rings is 1. The number of hydrogen-bond acceptors (Lipinski definition) is 4. The quantitative estimate of drug-likeness (QED) is 0.566. The summed E-state index contributed by atoms with van der Waals surface area (Å²) in [6.07, 6.45) is -7.02. The number of alkyl halides is 4. The van der Waals surface area contributed by atoms with Crippen LogP contribution in [0.5, 0.6) is 5.75 Å². The van der Waals surface area contributed by atoms with Crippen LogP contribution in [0.1, 0.15) is 18.1 Å². The minimum absolute atomic E-state index is 0.0990. The molecule has 1 aromatic rings. The van der Waals surface area contributed by atoms with Gasteiger partial charge in [-0.3, -0.25) is 0 Å². The standard InChI is InChI=1S/C11H13BrF3NO3/c12-4-3-8(17)10(18)6-1-2-7(16)9(5-6)19-11(13,14)15/h1-2,5,8,10,17-18H,3-4,16H2. The Bertz CT molecular complexity index is 428. The van der Waals surface area contributed by atoms with E-state index >= 15 is 0 Å². The predicted octanol–water partition coefficient (Wildman–Crippen LogP) is 2.35. The normalized spacial score (nSPS) is 15.1. The Morgan fingerprint density at radius 1 is 1.32 bits per heavy atom. The number of hydrogen-bond donors (Lipinski definition) is 3. The first-order valence-corrected chi connectivity index (χ1v) is 6.44. The summed E-state index contributed by atoms with van der Waals surface area (Å²) in [5.41, 5.74) is 5.25. The Balaban J connectivity index is 2.95. The van der Waals surface area contributed by atoms with E-state index in [1.165, 1.54) is 12.1 Å². The van der Waals surface area contributed by atoms with Gasteiger partial charge < -0.3 is 20.7 Å². The van der Waals surface area contributed by atoms with E-state index in [1.807, 2.05) is 0 Å². The molecule has 2 unspecified atom stereocenters. The molecule has 0 heterocycles. The smallest absolute Gasteiger partial charge is 0.404 e. The lowest BCUT2D eigenvalue weighted by molar-refractivity contribution is -0.274. The molecule has 1 aromatic carbocycles. The molecule has 0 fully saturated rings. The van der Waals surface area contributed by atoms with Crippen LogP contribution >= 0.6 is 15.9 Å². The molecule has 0 aliphatic rings. The first kappa shape index (κ1) is 16.1. The highest BCUT2D eigenvalue weighted by Crippen LogP contribution is 2.32. The van der Waals surface area contributed by atoms with Crippen molar-refractivity contribution >= 4 is 21.6 Å². The second-order valence-corrected chi connectivity index (χ2v) is 4.63. The van der Waals surface area contributed by atoms with E-state index < -0.39 is 24.3 Å². The molecule has 0 aliphatic carbocycles. The third-order valence-corrected chi connectivity index (χ3v) is 2.83. The molecule has 4 nitrogen and oxygen atoms in total. The molecule has 0 saturated carbocycles. The minimum Gasteiger partial charge on any atom is -0.404 e. The fourth-order valence-electron chi connectivity index (χ4n) is 1.44. The van der Waals surface area contributed by atoms with Gasteiger partial charge in [0.1, 0.15) is 6.10 Å². The molecule has 0 bridgehead atoms. The molecular formula is C11H13BrF3NO3. The Morgan fingerprint density at radius 3 is 2.47 bits per heavy atom. The molecule has 1 rings (SSSR count). The van der Waals surface area contributed by atoms with Crippen molar-refractivity contribution in [2.45, 2.75) is 25.0 Å². The van der Waals surface area contributed by atoms with Crippen LogP contribution in [0.4, 0.5) is 18.9 Å². The number of anilines is 1. The Morgan fingerprint density at radius 2 is 1.95 bits per heavy atom. The summed E-state index contributed by atoms with van der Waals surface area (Å²) in [4.78, 5) is 0. The maximum Gasteiger partial charge on any atom is 0.573 e. The van der Waals surface area contributed by atoms with E-state index in [2.05, 4.69) is 20.7 Å². The molecule has 8 heteroatoms. The summed E-state index contributed by atoms with van der Waals surface area (Å²) >= 11 is 3.09. The monoisotopic (exact) mass is 343 g/mol. The topological polar surface area (TPSA) is 75.7 Å². The highest BCUT2D eigenvalue weighted by molar-refractivity contribution is 9.09. The number of nitrogen functional groups attached to an aromatic ring is 1. The first-order valence-electron chi connectivity index (χ1n) is 5.32. The summed E-state index contributed by atoms with van der Waals surface area (Å²) in [5.74, 6) is -0.602. The van der Waals surface area contributed by atoms with E-state index in [1.54, 1.807) is 0 Å². The van der Waals surface area contributed by atoms with Gasteiger partial charge in [0.25, 0.3) is 0 Å². The van der Waals surface area contributed by atoms with Crippen molar-refractivity contribution in [3.63, 3.8) is 0 Å². The van der Waals surface area contributed by atoms with Crippen molar-refractivity contribution in [2.24, 2.45) is 0 Å². The van der Waals surface area contributed by atoms with Gasteiger partial charge in [0.2, 0.25) is 0 Å². The van der Waals surface area contributed by atoms with E-state index in [0.717, 1.165) is 6.07 Å². The number of rotatable bonds is 5. The van der Waals surface area contributed by atoms with Crippen LogP contribution in [0.3, 0.4) is 0 Å². The number of aliphatic hydroxyl groups is 2. The van der Waals surface area contributed by atoms with Gasteiger partial charge in [0.05, 0.1) is 11.8 Å². The molecule has 19 heavy (non-hydrogen) atoms. The zero-order valence-corrected chi connectivity index (χ0v) is 11.3. The number of ether oxygens (including phenoxy) is 1. The highest BCUT2D eigenvalue weighted by Gasteiger charge is 2.32. The largest absolute Gasteiger partial charge is 0.573 e. The first-order chi connectivity index (χ1) is 8.74. The van der Waals surface area contributed by atoms with Crippen LogP contribution < -0.4 is 10.5 Å². The fraction of sp³-hybridized carbons (Fsp3) is 0.455. The number of halogens is 4. The predicted molar refractivity (Wildman–Crippen MR) is 66.9 cm³/mol. The lowest BCUT2D eigenvalue weighted by Crippen LogP contribution is -2.20. The molecule has 0 aromatic heterocycles. The van der Waals surface area contributed by atoms with Crippen molar-refractivity contribution < 1.29 is 28.1 Å². The van der Waals surface area contributed by atoms with Crippen molar-refractivity contribution in [2.75, 3.05) is 11.1 Å². The SMILES string of the molecule is Nc1ccc(C(O)C(O)CCBr)cc1OC(F)(F)F. The van der Waals surface area contributed by atoms with Crippen LogP contribution in [0.25, 0.3) is 0 Å². The van der Waals surface area contributed by atoms with Crippen LogP contribution in [0.2, 0.25) is 0 Å². The molecule has 0 saturated heterocycles. The van der Waals surface area contributed by atoms with Gasteiger partial charge in [-0.05, 0) is 24.1 Å². The van der Waals surface area contributed by atoms with Crippen molar-refractivity contribution in [3.8, 4) is 5.75 Å². The molecule has 0 spiro atoms. The average Bonchev–Trinajstić information content (AvgIpc) is 2.29. The van der Waals surface area contributed by atoms with E-state index in [-0.39, 0.29) is 17.7 Å². The van der Waals surface area contributed by atoms with Gasteiger partial charge in [0, 0.05) is 5.33 Å². The molecular weight excluding hydrogens is 331 g/mol. The van der Waals surface area contributed by atoms with E-state index in [4.69, 9.17) is 5.73 Å². The number of aliphatic hydroxyl groups excluding tert-OH is 2. The second-order valence-electron chi connectivity index (χ2n) is 3.83. The van der Waals surface area contributed by atoms with Crippen LogP contribution in [0, 0.1) is 0 Å². The summed E-state index contributed by atoms with van der Waals surface area (Å²) in [5, 5.41) is 19.8. The molecule has 0 aliphatic heterocycles. The van der Waals surface area contributed by atoms with Crippen LogP contribution in [0.15, 0.2) is 18.2 Å². The lowest BCUT2D eigenvalue weighted by atomic mass is 10.0. The van der Waals surface area contributed by atoms with Crippen molar-refractivity contribution in [3.05, 3.63) is 23.8 Å². The maximum absolute atomic E-state index is 12.1. The van der Waals surface area contributed by atoms with Crippen molar-refractivity contribution in [1.29, 1.82) is 0 Å². The molecule has 2 atom stereocenters. The third kappa shape index (κ3) is 4.88. The van der Waals surface area contributed by atoms with Gasteiger partial charge >= 0.3 is 6.36 Å². The molecule has 4 N–H and O–H groups in total. The van der Waals surface area contributed by atoms with Crippen LogP contribution in [-0.2, 0) is 0 Å². The lowest BCUT2D eigenvalue weighted by Gasteiger charge is -2.19. The zero-order valence-electron chi connectivity index (χ0n) is 9.69. The minimum atomic E-state index is -4.87. The summed E-state index contributed by atoms with van der Waals surface area (Å²) in [7, 11) is 0. The average molecular weight is 344 g/mol. The zero-order chi connectivity index (χ0) is 14.6. The molecule has 0 radical (unpaired) electrons. The van der Waals surface area contributed by atoms with E-state index in [9.17, 15) is 23.4 Å². The Labute approximate surface area is 116 Å². The van der Waals surface area contributed by atoms with Gasteiger partial charge in [-0.1, -0.05) is 22.0 Å². The summed E-state index contributed by atoms with van der Waals surface area (Å²) in [6, 6.07) is 3.48. The van der Waals surface area contributed by atoms with Crippen molar-refractivity contribution in [1.82, 2.24) is 0 Å². The van der Waals surface area contributed by atoms with Gasteiger partial charge in [-0.25, -0.2) is 0 Å². The fourth-order valence-corrected chi connectivity index (χ4v) is 1.91. The summed E-state index contributed by atoms with van der Waals surface area (Å²) in [6.45, 7) is 0. The molecule has 0 amide bonds. The third-order valence-electron chi connectivity index (χ3n) is 2.37. The Kier molecular flexibility index (Phi) is 5.45. The van der Waals surface area contributed by atoms with Gasteiger partial charge in [0.15, 0.2) is 5.75 Å². The highest BCUT2D eigenvalue weighted by atomic mass is 79.9. The summed E-state index contributed by atoms with van der Waals surface area (Å²) < 4.78 is 40.1. The number of nitrogens with two attached hydrogens (primary N) is 1. The van der Waals surface area contributed by atoms with Gasteiger partial charge in [-0.15, -0.1) is 13.2 Å². The Hall–Kier alpha value is -0.990. The molecule has 108 valence electrons. The maximum atomic E-state index is 12.1. The van der Waals surface area contributed by atoms with E-state index in [0.29, 0.717) is 5.33 Å². The van der Waals surface area contributed by atoms with Gasteiger partial charge in [-0.2, -0.15) is 0 Å². The second kappa shape index (κ2) is 6.44. The van der Waals surface area contributed by atoms with Crippen LogP contribution in [-0.4, -0.2) is 28.0 Å².